The molecule has 19 heavy (non-hydrogen) atoms. The minimum atomic E-state index is 0.0997. The summed E-state index contributed by atoms with van der Waals surface area (Å²) in [6.45, 7) is 2.12. The van der Waals surface area contributed by atoms with Crippen LogP contribution < -0.4 is 10.5 Å². The molecule has 0 radical (unpaired) electrons. The average molecular weight is 255 g/mol. The quantitative estimate of drug-likeness (QED) is 0.885. The summed E-state index contributed by atoms with van der Waals surface area (Å²) >= 11 is 0. The fourth-order valence-electron chi connectivity index (χ4n) is 2.25. The van der Waals surface area contributed by atoms with E-state index in [0.29, 0.717) is 0 Å². The van der Waals surface area contributed by atoms with E-state index in [1.165, 1.54) is 16.7 Å². The van der Waals surface area contributed by atoms with Gasteiger partial charge in [-0.05, 0) is 48.6 Å². The fraction of sp³-hybridized carbons (Fsp3) is 0.294. The van der Waals surface area contributed by atoms with Gasteiger partial charge in [0.05, 0.1) is 7.11 Å². The molecule has 0 heterocycles. The van der Waals surface area contributed by atoms with Crippen molar-refractivity contribution in [2.45, 2.75) is 25.8 Å². The number of hydrogen-bond acceptors (Lipinski definition) is 2. The van der Waals surface area contributed by atoms with E-state index in [1.54, 1.807) is 7.11 Å². The van der Waals surface area contributed by atoms with Crippen LogP contribution in [0.15, 0.2) is 48.5 Å². The zero-order valence-electron chi connectivity index (χ0n) is 11.6. The zero-order chi connectivity index (χ0) is 13.7. The molecule has 0 fully saturated rings. The summed E-state index contributed by atoms with van der Waals surface area (Å²) in [5.41, 5.74) is 10.0. The molecule has 2 heteroatoms. The van der Waals surface area contributed by atoms with E-state index >= 15 is 0 Å². The predicted molar refractivity (Wildman–Crippen MR) is 79.4 cm³/mol. The third kappa shape index (κ3) is 3.58. The summed E-state index contributed by atoms with van der Waals surface area (Å²) in [5.74, 6) is 0.911. The average Bonchev–Trinajstić information content (AvgIpc) is 2.46. The van der Waals surface area contributed by atoms with Crippen LogP contribution in [0.2, 0.25) is 0 Å². The van der Waals surface area contributed by atoms with Crippen molar-refractivity contribution in [3.8, 4) is 5.75 Å². The highest BCUT2D eigenvalue weighted by Crippen LogP contribution is 2.21. The van der Waals surface area contributed by atoms with Crippen molar-refractivity contribution >= 4 is 0 Å². The van der Waals surface area contributed by atoms with Gasteiger partial charge in [-0.25, -0.2) is 0 Å². The van der Waals surface area contributed by atoms with Crippen LogP contribution in [0.3, 0.4) is 0 Å². The monoisotopic (exact) mass is 255 g/mol. The predicted octanol–water partition coefficient (Wildman–Crippen LogP) is 3.64. The summed E-state index contributed by atoms with van der Waals surface area (Å²) < 4.78 is 5.22. The molecule has 0 aliphatic heterocycles. The van der Waals surface area contributed by atoms with Gasteiger partial charge in [0.2, 0.25) is 0 Å². The summed E-state index contributed by atoms with van der Waals surface area (Å²) in [4.78, 5) is 0. The Kier molecular flexibility index (Phi) is 4.58. The van der Waals surface area contributed by atoms with Crippen LogP contribution in [0.25, 0.3) is 0 Å². The number of aryl methyl sites for hydroxylation is 2. The van der Waals surface area contributed by atoms with E-state index < -0.39 is 0 Å². The molecule has 2 aromatic rings. The molecule has 2 nitrogen and oxygen atoms in total. The number of rotatable bonds is 5. The highest BCUT2D eigenvalue weighted by atomic mass is 16.5. The SMILES string of the molecule is COc1ccc(CCC(N)c2ccccc2)c(C)c1. The first kappa shape index (κ1) is 13.6. The van der Waals surface area contributed by atoms with Gasteiger partial charge in [-0.3, -0.25) is 0 Å². The molecular formula is C17H21NO. The number of benzene rings is 2. The second-order valence-electron chi connectivity index (χ2n) is 4.85. The van der Waals surface area contributed by atoms with Gasteiger partial charge in [0.1, 0.15) is 5.75 Å². The molecule has 0 saturated carbocycles. The second kappa shape index (κ2) is 6.39. The van der Waals surface area contributed by atoms with Crippen LogP contribution in [0.1, 0.15) is 29.2 Å². The van der Waals surface area contributed by atoms with Crippen molar-refractivity contribution in [1.29, 1.82) is 0 Å². The third-order valence-electron chi connectivity index (χ3n) is 3.50. The third-order valence-corrected chi connectivity index (χ3v) is 3.50. The number of ether oxygens (including phenoxy) is 1. The molecule has 0 bridgehead atoms. The maximum atomic E-state index is 6.22. The lowest BCUT2D eigenvalue weighted by atomic mass is 9.97. The molecular weight excluding hydrogens is 234 g/mol. The molecule has 1 atom stereocenters. The van der Waals surface area contributed by atoms with Gasteiger partial charge in [0.25, 0.3) is 0 Å². The minimum Gasteiger partial charge on any atom is -0.497 e. The Hall–Kier alpha value is -1.80. The Morgan fingerprint density at radius 1 is 1.11 bits per heavy atom. The van der Waals surface area contributed by atoms with Crippen molar-refractivity contribution in [2.75, 3.05) is 7.11 Å². The number of nitrogens with two attached hydrogens (primary N) is 1. The lowest BCUT2D eigenvalue weighted by Crippen LogP contribution is -2.11. The molecule has 1 unspecified atom stereocenters. The molecule has 2 rings (SSSR count). The van der Waals surface area contributed by atoms with Gasteiger partial charge in [-0.2, -0.15) is 0 Å². The molecule has 2 aromatic carbocycles. The van der Waals surface area contributed by atoms with Gasteiger partial charge < -0.3 is 10.5 Å². The van der Waals surface area contributed by atoms with E-state index in [0.717, 1.165) is 18.6 Å². The Morgan fingerprint density at radius 3 is 2.47 bits per heavy atom. The van der Waals surface area contributed by atoms with Crippen molar-refractivity contribution < 1.29 is 4.74 Å². The summed E-state index contributed by atoms with van der Waals surface area (Å²) in [5, 5.41) is 0. The van der Waals surface area contributed by atoms with Crippen molar-refractivity contribution in [3.05, 3.63) is 65.2 Å². The van der Waals surface area contributed by atoms with Crippen LogP contribution in [0.5, 0.6) is 5.75 Å². The van der Waals surface area contributed by atoms with Gasteiger partial charge in [-0.15, -0.1) is 0 Å². The van der Waals surface area contributed by atoms with Crippen LogP contribution in [-0.2, 0) is 6.42 Å². The first-order valence-corrected chi connectivity index (χ1v) is 6.64. The largest absolute Gasteiger partial charge is 0.497 e. The van der Waals surface area contributed by atoms with Gasteiger partial charge in [0.15, 0.2) is 0 Å². The minimum absolute atomic E-state index is 0.0997. The Bertz CT molecular complexity index is 522. The lowest BCUT2D eigenvalue weighted by Gasteiger charge is -2.13. The highest BCUT2D eigenvalue weighted by Gasteiger charge is 2.07. The van der Waals surface area contributed by atoms with Crippen molar-refractivity contribution in [1.82, 2.24) is 0 Å². The molecule has 0 aliphatic rings. The number of methoxy groups -OCH3 is 1. The van der Waals surface area contributed by atoms with Crippen LogP contribution in [-0.4, -0.2) is 7.11 Å². The summed E-state index contributed by atoms with van der Waals surface area (Å²) in [6, 6.07) is 16.6. The number of hydrogen-bond donors (Lipinski definition) is 1. The standard InChI is InChI=1S/C17H21NO/c1-13-12-16(19-2)10-8-14(13)9-11-17(18)15-6-4-3-5-7-15/h3-8,10,12,17H,9,11,18H2,1-2H3. The molecule has 2 N–H and O–H groups in total. The molecule has 100 valence electrons. The highest BCUT2D eigenvalue weighted by molar-refractivity contribution is 5.35. The van der Waals surface area contributed by atoms with E-state index in [4.69, 9.17) is 10.5 Å². The normalized spacial score (nSPS) is 12.2. The fourth-order valence-corrected chi connectivity index (χ4v) is 2.25. The molecule has 0 spiro atoms. The Morgan fingerprint density at radius 2 is 1.84 bits per heavy atom. The van der Waals surface area contributed by atoms with Crippen LogP contribution in [0.4, 0.5) is 0 Å². The Balaban J connectivity index is 1.99. The lowest BCUT2D eigenvalue weighted by molar-refractivity contribution is 0.414. The Labute approximate surface area is 115 Å². The maximum Gasteiger partial charge on any atom is 0.119 e. The first-order chi connectivity index (χ1) is 9.20. The summed E-state index contributed by atoms with van der Waals surface area (Å²) in [7, 11) is 1.69. The molecule has 0 saturated heterocycles. The van der Waals surface area contributed by atoms with E-state index in [9.17, 15) is 0 Å². The first-order valence-electron chi connectivity index (χ1n) is 6.64. The van der Waals surface area contributed by atoms with E-state index in [2.05, 4.69) is 31.2 Å². The van der Waals surface area contributed by atoms with E-state index in [-0.39, 0.29) is 6.04 Å². The van der Waals surface area contributed by atoms with Crippen LogP contribution in [0, 0.1) is 6.92 Å². The van der Waals surface area contributed by atoms with Crippen molar-refractivity contribution in [3.63, 3.8) is 0 Å². The van der Waals surface area contributed by atoms with Gasteiger partial charge in [-0.1, -0.05) is 36.4 Å². The summed E-state index contributed by atoms with van der Waals surface area (Å²) in [6.07, 6.45) is 1.95. The molecule has 0 aliphatic carbocycles. The molecule has 0 aromatic heterocycles. The molecule has 0 amide bonds. The second-order valence-corrected chi connectivity index (χ2v) is 4.85. The van der Waals surface area contributed by atoms with Crippen LogP contribution >= 0.6 is 0 Å². The van der Waals surface area contributed by atoms with E-state index in [1.807, 2.05) is 24.3 Å². The zero-order valence-corrected chi connectivity index (χ0v) is 11.6. The van der Waals surface area contributed by atoms with Gasteiger partial charge >= 0.3 is 0 Å². The topological polar surface area (TPSA) is 35.2 Å². The maximum absolute atomic E-state index is 6.22. The van der Waals surface area contributed by atoms with Crippen molar-refractivity contribution in [2.24, 2.45) is 5.73 Å². The van der Waals surface area contributed by atoms with Gasteiger partial charge in [0, 0.05) is 6.04 Å². The smallest absolute Gasteiger partial charge is 0.119 e.